The summed E-state index contributed by atoms with van der Waals surface area (Å²) in [5, 5.41) is 0. The van der Waals surface area contributed by atoms with Gasteiger partial charge in [-0.15, -0.1) is 0 Å². The number of likely N-dealkylation sites (N-methyl/N-ethyl adjacent to an activating group) is 1. The summed E-state index contributed by atoms with van der Waals surface area (Å²) in [7, 11) is 1.84. The number of ether oxygens (including phenoxy) is 1. The van der Waals surface area contributed by atoms with Crippen LogP contribution >= 0.6 is 0 Å². The fraction of sp³-hybridized carbons (Fsp3) is 0.381. The van der Waals surface area contributed by atoms with E-state index < -0.39 is 0 Å². The molecule has 0 aromatic heterocycles. The summed E-state index contributed by atoms with van der Waals surface area (Å²) < 4.78 is 5.75. The van der Waals surface area contributed by atoms with Gasteiger partial charge in [0.25, 0.3) is 0 Å². The fourth-order valence-corrected chi connectivity index (χ4v) is 3.24. The molecule has 1 amide bonds. The number of rotatable bonds is 6. The van der Waals surface area contributed by atoms with Crippen molar-refractivity contribution in [2.24, 2.45) is 0 Å². The molecule has 5 nitrogen and oxygen atoms in total. The molecule has 1 aliphatic heterocycles. The zero-order valence-corrected chi connectivity index (χ0v) is 15.6. The largest absolute Gasteiger partial charge is 0.492 e. The summed E-state index contributed by atoms with van der Waals surface area (Å²) >= 11 is 0. The lowest BCUT2D eigenvalue weighted by Gasteiger charge is -2.36. The maximum Gasteiger partial charge on any atom is 0.240 e. The number of hydrogen-bond donors (Lipinski definition) is 0. The van der Waals surface area contributed by atoms with Gasteiger partial charge in [-0.3, -0.25) is 9.69 Å². The molecule has 2 aromatic carbocycles. The Hall–Kier alpha value is -2.53. The topological polar surface area (TPSA) is 36.0 Å². The number of benzene rings is 2. The highest BCUT2D eigenvalue weighted by Gasteiger charge is 2.22. The van der Waals surface area contributed by atoms with E-state index in [0.717, 1.165) is 43.3 Å². The minimum absolute atomic E-state index is 0.124. The molecular formula is C21H27N3O2. The highest BCUT2D eigenvalue weighted by Crippen LogP contribution is 2.28. The summed E-state index contributed by atoms with van der Waals surface area (Å²) in [5.74, 6) is 1.06. The highest BCUT2D eigenvalue weighted by molar-refractivity contribution is 5.94. The van der Waals surface area contributed by atoms with Crippen molar-refractivity contribution in [1.82, 2.24) is 4.90 Å². The molecule has 1 heterocycles. The van der Waals surface area contributed by atoms with E-state index in [2.05, 4.69) is 15.9 Å². The van der Waals surface area contributed by atoms with E-state index in [1.165, 1.54) is 0 Å². The Balaban J connectivity index is 1.55. The summed E-state index contributed by atoms with van der Waals surface area (Å²) in [5.41, 5.74) is 2.07. The van der Waals surface area contributed by atoms with Gasteiger partial charge < -0.3 is 14.5 Å². The van der Waals surface area contributed by atoms with Crippen LogP contribution in [0.5, 0.6) is 5.75 Å². The summed E-state index contributed by atoms with van der Waals surface area (Å²) in [4.78, 5) is 18.8. The molecule has 0 spiro atoms. The Morgan fingerprint density at radius 2 is 1.65 bits per heavy atom. The standard InChI is InChI=1S/C21H27N3O2/c1-3-26-20-12-8-7-11-19(20)24-15-13-23(14-16-24)17-21(25)22(2)18-9-5-4-6-10-18/h4-12H,3,13-17H2,1-2H3. The number of piperazine rings is 1. The molecule has 0 N–H and O–H groups in total. The van der Waals surface area contributed by atoms with Crippen molar-refractivity contribution in [3.05, 3.63) is 54.6 Å². The van der Waals surface area contributed by atoms with Crippen molar-refractivity contribution in [2.75, 3.05) is 56.2 Å². The quantitative estimate of drug-likeness (QED) is 0.800. The second kappa shape index (κ2) is 8.72. The van der Waals surface area contributed by atoms with E-state index >= 15 is 0 Å². The lowest BCUT2D eigenvalue weighted by molar-refractivity contribution is -0.119. The maximum absolute atomic E-state index is 12.6. The van der Waals surface area contributed by atoms with Gasteiger partial charge in [0.05, 0.1) is 18.8 Å². The maximum atomic E-state index is 12.6. The van der Waals surface area contributed by atoms with Crippen LogP contribution in [0.2, 0.25) is 0 Å². The van der Waals surface area contributed by atoms with Crippen molar-refractivity contribution in [2.45, 2.75) is 6.92 Å². The molecule has 2 aromatic rings. The predicted molar refractivity (Wildman–Crippen MR) is 106 cm³/mol. The van der Waals surface area contributed by atoms with Gasteiger partial charge in [0.2, 0.25) is 5.91 Å². The third-order valence-electron chi connectivity index (χ3n) is 4.75. The molecule has 1 aliphatic rings. The molecule has 0 unspecified atom stereocenters. The van der Waals surface area contributed by atoms with E-state index in [0.29, 0.717) is 13.2 Å². The molecule has 0 radical (unpaired) electrons. The molecule has 1 fully saturated rings. The number of nitrogens with zero attached hydrogens (tertiary/aromatic N) is 3. The average molecular weight is 353 g/mol. The van der Waals surface area contributed by atoms with Crippen molar-refractivity contribution in [1.29, 1.82) is 0 Å². The molecular weight excluding hydrogens is 326 g/mol. The molecule has 0 bridgehead atoms. The van der Waals surface area contributed by atoms with E-state index in [9.17, 15) is 4.79 Å². The van der Waals surface area contributed by atoms with Crippen LogP contribution in [0, 0.1) is 0 Å². The summed E-state index contributed by atoms with van der Waals surface area (Å²) in [6.45, 7) is 6.65. The van der Waals surface area contributed by atoms with E-state index in [4.69, 9.17) is 4.74 Å². The van der Waals surface area contributed by atoms with E-state index in [-0.39, 0.29) is 5.91 Å². The Labute approximate surface area is 155 Å². The third kappa shape index (κ3) is 4.35. The van der Waals surface area contributed by atoms with Crippen LogP contribution < -0.4 is 14.5 Å². The first kappa shape index (κ1) is 18.3. The van der Waals surface area contributed by atoms with Gasteiger partial charge in [-0.05, 0) is 31.2 Å². The lowest BCUT2D eigenvalue weighted by atomic mass is 10.2. The second-order valence-electron chi connectivity index (χ2n) is 6.45. The fourth-order valence-electron chi connectivity index (χ4n) is 3.24. The van der Waals surface area contributed by atoms with Crippen LogP contribution in [0.4, 0.5) is 11.4 Å². The van der Waals surface area contributed by atoms with Gasteiger partial charge >= 0.3 is 0 Å². The average Bonchev–Trinajstić information content (AvgIpc) is 2.69. The van der Waals surface area contributed by atoms with Crippen molar-refractivity contribution < 1.29 is 9.53 Å². The second-order valence-corrected chi connectivity index (χ2v) is 6.45. The van der Waals surface area contributed by atoms with Crippen LogP contribution in [-0.4, -0.2) is 57.2 Å². The van der Waals surface area contributed by atoms with Crippen molar-refractivity contribution in [3.8, 4) is 5.75 Å². The van der Waals surface area contributed by atoms with Gasteiger partial charge in [0.1, 0.15) is 5.75 Å². The Morgan fingerprint density at radius 1 is 1.00 bits per heavy atom. The first-order chi connectivity index (χ1) is 12.7. The molecule has 138 valence electrons. The zero-order chi connectivity index (χ0) is 18.4. The van der Waals surface area contributed by atoms with Gasteiger partial charge in [0.15, 0.2) is 0 Å². The zero-order valence-electron chi connectivity index (χ0n) is 15.6. The number of amides is 1. The third-order valence-corrected chi connectivity index (χ3v) is 4.75. The molecule has 26 heavy (non-hydrogen) atoms. The molecule has 5 heteroatoms. The van der Waals surface area contributed by atoms with E-state index in [1.54, 1.807) is 4.90 Å². The number of anilines is 2. The number of carbonyl (C=O) groups is 1. The highest BCUT2D eigenvalue weighted by atomic mass is 16.5. The smallest absolute Gasteiger partial charge is 0.240 e. The Morgan fingerprint density at radius 3 is 2.35 bits per heavy atom. The van der Waals surface area contributed by atoms with Crippen LogP contribution in [0.25, 0.3) is 0 Å². The SMILES string of the molecule is CCOc1ccccc1N1CCN(CC(=O)N(C)c2ccccc2)CC1. The first-order valence-electron chi connectivity index (χ1n) is 9.19. The monoisotopic (exact) mass is 353 g/mol. The minimum Gasteiger partial charge on any atom is -0.492 e. The van der Waals surface area contributed by atoms with Crippen molar-refractivity contribution >= 4 is 17.3 Å². The minimum atomic E-state index is 0.124. The number of para-hydroxylation sites is 3. The number of hydrogen-bond acceptors (Lipinski definition) is 4. The van der Waals surface area contributed by atoms with Crippen molar-refractivity contribution in [3.63, 3.8) is 0 Å². The molecule has 0 aliphatic carbocycles. The Bertz CT molecular complexity index is 712. The summed E-state index contributed by atoms with van der Waals surface area (Å²) in [6, 6.07) is 18.0. The number of carbonyl (C=O) groups excluding carboxylic acids is 1. The molecule has 3 rings (SSSR count). The van der Waals surface area contributed by atoms with E-state index in [1.807, 2.05) is 62.5 Å². The van der Waals surface area contributed by atoms with Gasteiger partial charge in [-0.1, -0.05) is 30.3 Å². The summed E-state index contributed by atoms with van der Waals surface area (Å²) in [6.07, 6.45) is 0. The van der Waals surface area contributed by atoms with Gasteiger partial charge in [-0.25, -0.2) is 0 Å². The Kier molecular flexibility index (Phi) is 6.12. The van der Waals surface area contributed by atoms with Gasteiger partial charge in [-0.2, -0.15) is 0 Å². The lowest BCUT2D eigenvalue weighted by Crippen LogP contribution is -2.49. The molecule has 1 saturated heterocycles. The van der Waals surface area contributed by atoms with Gasteiger partial charge in [0, 0.05) is 38.9 Å². The van der Waals surface area contributed by atoms with Crippen LogP contribution in [0.3, 0.4) is 0 Å². The molecule has 0 saturated carbocycles. The normalized spacial score (nSPS) is 14.9. The molecule has 0 atom stereocenters. The van der Waals surface area contributed by atoms with Crippen LogP contribution in [0.1, 0.15) is 6.92 Å². The van der Waals surface area contributed by atoms with Crippen LogP contribution in [0.15, 0.2) is 54.6 Å². The first-order valence-corrected chi connectivity index (χ1v) is 9.19. The predicted octanol–water partition coefficient (Wildman–Crippen LogP) is 2.87. The van der Waals surface area contributed by atoms with Crippen LogP contribution in [-0.2, 0) is 4.79 Å².